The summed E-state index contributed by atoms with van der Waals surface area (Å²) in [7, 11) is 0. The van der Waals surface area contributed by atoms with Crippen LogP contribution in [-0.2, 0) is 0 Å². The molecule has 0 saturated heterocycles. The Kier molecular flexibility index (Phi) is 11.2. The molecule has 0 fully saturated rings. The zero-order valence-electron chi connectivity index (χ0n) is 25.3. The van der Waals surface area contributed by atoms with Gasteiger partial charge in [-0.05, 0) is 65.1 Å². The van der Waals surface area contributed by atoms with Crippen LogP contribution in [0.3, 0.4) is 0 Å². The number of hydrogen-bond acceptors (Lipinski definition) is 2. The number of hydrogen-bond donors (Lipinski definition) is 0. The molecule has 0 unspecified atom stereocenters. The van der Waals surface area contributed by atoms with Gasteiger partial charge in [0.05, 0.1) is 12.3 Å². The first-order valence-corrected chi connectivity index (χ1v) is 15.3. The van der Waals surface area contributed by atoms with Crippen LogP contribution in [0, 0.1) is 0 Å². The third-order valence-electron chi connectivity index (χ3n) is 7.14. The lowest BCUT2D eigenvalue weighted by Gasteiger charge is -2.27. The van der Waals surface area contributed by atoms with Gasteiger partial charge in [-0.15, -0.1) is 0 Å². The molecule has 0 aliphatic heterocycles. The van der Waals surface area contributed by atoms with Gasteiger partial charge in [-0.25, -0.2) is 0 Å². The molecule has 0 amide bonds. The smallest absolute Gasteiger partial charge is 0.143 e. The van der Waals surface area contributed by atoms with Crippen molar-refractivity contribution >= 4 is 41.4 Å². The molecule has 0 N–H and O–H groups in total. The van der Waals surface area contributed by atoms with Crippen molar-refractivity contribution in [2.45, 2.75) is 19.8 Å². The standard InChI is InChI=1S/C42H39NO/c1-2-3-34-44-42-25-15-14-24-41(42)43(39-30-26-37(27-31-39)22-12-10-20-35-16-6-4-7-17-35)40-32-28-38(29-33-40)23-13-11-21-36-18-8-5-9-19-36/h4-33H,2-3,34H2,1H3. The van der Waals surface area contributed by atoms with Gasteiger partial charge in [0.1, 0.15) is 5.75 Å². The highest BCUT2D eigenvalue weighted by Crippen LogP contribution is 2.40. The fraction of sp³-hybridized carbons (Fsp3) is 0.0952. The van der Waals surface area contributed by atoms with Crippen LogP contribution in [0.25, 0.3) is 24.3 Å². The van der Waals surface area contributed by atoms with Gasteiger partial charge < -0.3 is 9.64 Å². The molecule has 44 heavy (non-hydrogen) atoms. The van der Waals surface area contributed by atoms with Gasteiger partial charge >= 0.3 is 0 Å². The van der Waals surface area contributed by atoms with Crippen LogP contribution in [-0.4, -0.2) is 6.61 Å². The molecule has 0 aliphatic rings. The Bertz CT molecular complexity index is 1580. The number of rotatable bonds is 13. The van der Waals surface area contributed by atoms with E-state index < -0.39 is 0 Å². The summed E-state index contributed by atoms with van der Waals surface area (Å²) in [6, 6.07) is 46.3. The van der Waals surface area contributed by atoms with Crippen molar-refractivity contribution < 1.29 is 4.74 Å². The minimum absolute atomic E-state index is 0.696. The minimum atomic E-state index is 0.696. The molecular weight excluding hydrogens is 534 g/mol. The van der Waals surface area contributed by atoms with Crippen molar-refractivity contribution in [1.29, 1.82) is 0 Å². The maximum absolute atomic E-state index is 6.27. The molecule has 2 nitrogen and oxygen atoms in total. The van der Waals surface area contributed by atoms with Gasteiger partial charge in [0, 0.05) is 11.4 Å². The summed E-state index contributed by atoms with van der Waals surface area (Å²) in [4.78, 5) is 2.27. The maximum atomic E-state index is 6.27. The quantitative estimate of drug-likeness (QED) is 0.103. The molecule has 2 heteroatoms. The summed E-state index contributed by atoms with van der Waals surface area (Å²) in [5, 5.41) is 0. The van der Waals surface area contributed by atoms with Crippen LogP contribution in [0.1, 0.15) is 42.0 Å². The monoisotopic (exact) mass is 573 g/mol. The van der Waals surface area contributed by atoms with E-state index in [1.165, 1.54) is 11.1 Å². The van der Waals surface area contributed by atoms with Crippen molar-refractivity contribution in [2.24, 2.45) is 0 Å². The van der Waals surface area contributed by atoms with Crippen molar-refractivity contribution in [3.8, 4) is 5.75 Å². The molecule has 5 aromatic carbocycles. The largest absolute Gasteiger partial charge is 0.491 e. The second-order valence-electron chi connectivity index (χ2n) is 10.4. The van der Waals surface area contributed by atoms with Crippen molar-refractivity contribution in [2.75, 3.05) is 11.5 Å². The lowest BCUT2D eigenvalue weighted by Crippen LogP contribution is -2.12. The third-order valence-corrected chi connectivity index (χ3v) is 7.14. The summed E-state index contributed by atoms with van der Waals surface area (Å²) >= 11 is 0. The first-order chi connectivity index (χ1) is 21.8. The highest BCUT2D eigenvalue weighted by atomic mass is 16.5. The molecule has 0 bridgehead atoms. The lowest BCUT2D eigenvalue weighted by molar-refractivity contribution is 0.310. The summed E-state index contributed by atoms with van der Waals surface area (Å²) < 4.78 is 6.27. The maximum Gasteiger partial charge on any atom is 0.143 e. The highest BCUT2D eigenvalue weighted by molar-refractivity contribution is 5.81. The van der Waals surface area contributed by atoms with Crippen LogP contribution in [0.15, 0.2) is 158 Å². The molecule has 5 rings (SSSR count). The number of allylic oxidation sites excluding steroid dienone is 4. The second kappa shape index (κ2) is 16.3. The van der Waals surface area contributed by atoms with Gasteiger partial charge in [-0.3, -0.25) is 0 Å². The Labute approximate surface area is 262 Å². The summed E-state index contributed by atoms with van der Waals surface area (Å²) in [6.07, 6.45) is 18.9. The van der Waals surface area contributed by atoms with Crippen molar-refractivity contribution in [3.05, 3.63) is 180 Å². The van der Waals surface area contributed by atoms with Crippen LogP contribution < -0.4 is 9.64 Å². The van der Waals surface area contributed by atoms with E-state index in [2.05, 4.69) is 176 Å². The summed E-state index contributed by atoms with van der Waals surface area (Å²) in [5.74, 6) is 0.881. The van der Waals surface area contributed by atoms with E-state index in [0.29, 0.717) is 6.61 Å². The van der Waals surface area contributed by atoms with E-state index in [0.717, 1.165) is 46.8 Å². The highest BCUT2D eigenvalue weighted by Gasteiger charge is 2.16. The van der Waals surface area contributed by atoms with Gasteiger partial charge in [0.15, 0.2) is 0 Å². The molecule has 0 radical (unpaired) electrons. The van der Waals surface area contributed by atoms with Gasteiger partial charge in [-0.2, -0.15) is 0 Å². The SMILES string of the molecule is CCCCOc1ccccc1N(c1ccc(C=CC=Cc2ccccc2)cc1)c1ccc(C=CC=Cc2ccccc2)cc1. The predicted octanol–water partition coefficient (Wildman–Crippen LogP) is 11.8. The Hall–Kier alpha value is -5.34. The molecule has 0 aliphatic carbocycles. The number of anilines is 3. The molecule has 0 saturated carbocycles. The number of benzene rings is 5. The Morgan fingerprint density at radius 3 is 1.34 bits per heavy atom. The topological polar surface area (TPSA) is 12.5 Å². The van der Waals surface area contributed by atoms with Crippen LogP contribution in [0.5, 0.6) is 5.75 Å². The molecular formula is C42H39NO. The van der Waals surface area contributed by atoms with E-state index in [-0.39, 0.29) is 0 Å². The van der Waals surface area contributed by atoms with Crippen molar-refractivity contribution in [3.63, 3.8) is 0 Å². The van der Waals surface area contributed by atoms with Crippen LogP contribution in [0.4, 0.5) is 17.1 Å². The molecule has 218 valence electrons. The number of ether oxygens (including phenoxy) is 1. The fourth-order valence-corrected chi connectivity index (χ4v) is 4.78. The van der Waals surface area contributed by atoms with Crippen molar-refractivity contribution in [1.82, 2.24) is 0 Å². The second-order valence-corrected chi connectivity index (χ2v) is 10.4. The van der Waals surface area contributed by atoms with E-state index in [1.54, 1.807) is 0 Å². The zero-order valence-corrected chi connectivity index (χ0v) is 25.3. The lowest BCUT2D eigenvalue weighted by atomic mass is 10.1. The normalized spacial score (nSPS) is 11.7. The fourth-order valence-electron chi connectivity index (χ4n) is 4.78. The number of nitrogens with zero attached hydrogens (tertiary/aromatic N) is 1. The van der Waals surface area contributed by atoms with Gasteiger partial charge in [-0.1, -0.05) is 159 Å². The van der Waals surface area contributed by atoms with E-state index >= 15 is 0 Å². The van der Waals surface area contributed by atoms with E-state index in [9.17, 15) is 0 Å². The van der Waals surface area contributed by atoms with Crippen LogP contribution >= 0.6 is 0 Å². The van der Waals surface area contributed by atoms with Gasteiger partial charge in [0.2, 0.25) is 0 Å². The number of para-hydroxylation sites is 2. The average molecular weight is 574 g/mol. The summed E-state index contributed by atoms with van der Waals surface area (Å²) in [6.45, 7) is 2.88. The van der Waals surface area contributed by atoms with Crippen LogP contribution in [0.2, 0.25) is 0 Å². The molecule has 0 spiro atoms. The number of unbranched alkanes of at least 4 members (excludes halogenated alkanes) is 1. The third kappa shape index (κ3) is 8.83. The van der Waals surface area contributed by atoms with E-state index in [4.69, 9.17) is 4.74 Å². The average Bonchev–Trinajstić information content (AvgIpc) is 3.08. The first-order valence-electron chi connectivity index (χ1n) is 15.3. The predicted molar refractivity (Wildman–Crippen MR) is 191 cm³/mol. The van der Waals surface area contributed by atoms with Gasteiger partial charge in [0.25, 0.3) is 0 Å². The minimum Gasteiger partial charge on any atom is -0.491 e. The molecule has 0 atom stereocenters. The molecule has 0 aromatic heterocycles. The molecule has 5 aromatic rings. The molecule has 0 heterocycles. The Morgan fingerprint density at radius 1 is 0.477 bits per heavy atom. The summed E-state index contributed by atoms with van der Waals surface area (Å²) in [5.41, 5.74) is 7.82. The van der Waals surface area contributed by atoms with E-state index in [1.807, 2.05) is 18.2 Å². The Balaban J connectivity index is 1.38. The first kappa shape index (κ1) is 30.1. The zero-order chi connectivity index (χ0) is 30.2. The Morgan fingerprint density at radius 2 is 0.886 bits per heavy atom.